The fourth-order valence-corrected chi connectivity index (χ4v) is 13.6. The molecule has 2 fully saturated rings. The molecule has 25 nitrogen and oxygen atoms in total. The number of nitrogens with zero attached hydrogens (tertiary/aromatic N) is 4. The second-order valence-corrected chi connectivity index (χ2v) is 28.5. The second kappa shape index (κ2) is 40.9. The van der Waals surface area contributed by atoms with E-state index >= 15 is 0 Å². The molecule has 4 rings (SSSR count). The molecule has 2 aliphatic rings. The van der Waals surface area contributed by atoms with Crippen molar-refractivity contribution in [2.75, 3.05) is 66.9 Å². The molecule has 2 aliphatic heterocycles. The number of nitrogens with two attached hydrogens (primary N) is 1. The van der Waals surface area contributed by atoms with Crippen LogP contribution in [-0.4, -0.2) is 213 Å². The second-order valence-electron chi connectivity index (χ2n) is 28.5. The number of halogens is 3. The van der Waals surface area contributed by atoms with E-state index in [9.17, 15) is 61.1 Å². The Bertz CT molecular complexity index is 2970. The van der Waals surface area contributed by atoms with E-state index in [2.05, 4.69) is 42.5 Å². The molecule has 562 valence electrons. The Kier molecular flexibility index (Phi) is 34.7. The minimum Gasteiger partial charge on any atom is -0.379 e. The number of hydrogen-bond acceptors (Lipinski definition) is 14. The molecule has 0 radical (unpaired) electrons. The number of rotatable bonds is 39. The summed E-state index contributed by atoms with van der Waals surface area (Å²) in [5, 5.41) is 22.3. The molecule has 2 heterocycles. The predicted octanol–water partition coefficient (Wildman–Crippen LogP) is 5.64. The molecule has 11 amide bonds. The topological polar surface area (TPSA) is 324 Å². The Balaban J connectivity index is 1.43. The van der Waals surface area contributed by atoms with Crippen LogP contribution in [0.1, 0.15) is 151 Å². The third kappa shape index (κ3) is 25.9. The highest BCUT2D eigenvalue weighted by atomic mass is 19.4. The first-order valence-electron chi connectivity index (χ1n) is 35.4. The van der Waals surface area contributed by atoms with Crippen LogP contribution in [0.3, 0.4) is 0 Å². The quantitative estimate of drug-likeness (QED) is 0.0366. The smallest absolute Gasteiger partial charge is 0.379 e. The van der Waals surface area contributed by atoms with Crippen molar-refractivity contribution >= 4 is 64.9 Å². The normalized spacial score (nSPS) is 18.9. The minimum atomic E-state index is -4.60. The third-order valence-corrected chi connectivity index (χ3v) is 19.2. The minimum absolute atomic E-state index is 0.0115. The fourth-order valence-electron chi connectivity index (χ4n) is 13.6. The number of ether oxygens (including phenoxy) is 2. The highest BCUT2D eigenvalue weighted by Gasteiger charge is 2.48. The SMILES string of the molecule is CC[C@H](C)[C@@H]([C@@H](CC(=O)N1CCC[C@H]1[C@H](OC)[C@@H](C)C(=O)N[C@@H](Cc1ccccc1)C(=O)NCc1ccc(NC(=O)[C@H](CCCNC(N)=O)NC(=O)[C@@H](NC(=O)CCCN2CC[C@@H](C(=O)NC(C)C)C[C@H]2C(F)(F)F)C(C)C)cc1)OC)N(C)C(=O)[C@@H](NC(=O)[C@H](C(C)C)N(C)C)C(C)C. The Morgan fingerprint density at radius 2 is 1.32 bits per heavy atom. The van der Waals surface area contributed by atoms with Crippen LogP contribution in [0.15, 0.2) is 54.6 Å². The first-order valence-corrected chi connectivity index (χ1v) is 35.4. The number of nitrogens with one attached hydrogen (secondary N) is 8. The molecule has 0 saturated carbocycles. The summed E-state index contributed by atoms with van der Waals surface area (Å²) < 4.78 is 54.9. The van der Waals surface area contributed by atoms with Crippen molar-refractivity contribution in [3.63, 3.8) is 0 Å². The molecule has 0 aliphatic carbocycles. The fraction of sp³-hybridized carbons (Fsp3) is 0.694. The number of benzene rings is 2. The molecule has 0 aromatic heterocycles. The number of carbonyl (C=O) groups is 10. The summed E-state index contributed by atoms with van der Waals surface area (Å²) in [5.41, 5.74) is 6.99. The summed E-state index contributed by atoms with van der Waals surface area (Å²) >= 11 is 0. The van der Waals surface area contributed by atoms with Crippen molar-refractivity contribution in [2.45, 2.75) is 226 Å². The molecule has 2 aromatic rings. The summed E-state index contributed by atoms with van der Waals surface area (Å²) in [6.45, 7) is 20.6. The van der Waals surface area contributed by atoms with Gasteiger partial charge in [-0.05, 0) is 133 Å². The van der Waals surface area contributed by atoms with Gasteiger partial charge in [-0.2, -0.15) is 13.2 Å². The highest BCUT2D eigenvalue weighted by Crippen LogP contribution is 2.35. The van der Waals surface area contributed by atoms with E-state index in [-0.39, 0.29) is 113 Å². The lowest BCUT2D eigenvalue weighted by Crippen LogP contribution is -2.59. The van der Waals surface area contributed by atoms with Gasteiger partial charge in [0.1, 0.15) is 30.2 Å². The zero-order chi connectivity index (χ0) is 74.9. The standard InChI is InChI=1S/C72H116F3N13O12/c1-17-46(10)62(86(14)70(97)60(43(4)5)84-69(96)61(44(6)7)85(12)13)55(99-15)40-58(90)88-36-22-27-54(88)63(100-16)47(11)64(91)82-53(38-48-24-19-18-20-25-48)66(93)78-41-49-29-31-51(32-30-49)80-67(94)52(26-21-34-77-71(76)98)81-68(95)59(42(2)3)83-57(89)28-23-35-87-37-33-50(65(92)79-45(8)9)39-56(87)72(73,74)75/h18-20,24-25,29-32,42-47,50,52-56,59-63H,17,21-23,26-28,33-41H2,1-16H3,(H,78,93)(H,79,92)(H,80,94)(H,81,95)(H,82,91)(H,83,89)(H,84,96)(H3,76,77,98)/t46-,47+,50+,52-,53-,54-,55+,56-,59-,60-,61-,62-,63+/m0/s1. The van der Waals surface area contributed by atoms with E-state index in [4.69, 9.17) is 15.2 Å². The van der Waals surface area contributed by atoms with Gasteiger partial charge in [0.25, 0.3) is 0 Å². The molecule has 0 bridgehead atoms. The zero-order valence-corrected chi connectivity index (χ0v) is 61.7. The van der Waals surface area contributed by atoms with E-state index in [0.717, 1.165) is 5.56 Å². The molecule has 0 spiro atoms. The molecule has 0 unspecified atom stereocenters. The van der Waals surface area contributed by atoms with Crippen LogP contribution < -0.4 is 48.3 Å². The molecule has 2 saturated heterocycles. The van der Waals surface area contributed by atoms with E-state index in [1.165, 1.54) is 19.1 Å². The maximum absolute atomic E-state index is 14.6. The third-order valence-electron chi connectivity index (χ3n) is 19.2. The van der Waals surface area contributed by atoms with Crippen molar-refractivity contribution in [2.24, 2.45) is 41.2 Å². The van der Waals surface area contributed by atoms with Crippen LogP contribution in [0.2, 0.25) is 0 Å². The molecule has 13 atom stereocenters. The lowest BCUT2D eigenvalue weighted by atomic mass is 9.89. The van der Waals surface area contributed by atoms with Gasteiger partial charge in [-0.25, -0.2) is 4.79 Å². The number of likely N-dealkylation sites (tertiary alicyclic amines) is 2. The van der Waals surface area contributed by atoms with Crippen LogP contribution in [-0.2, 0) is 65.6 Å². The number of anilines is 1. The maximum atomic E-state index is 14.6. The Labute approximate surface area is 589 Å². The number of hydrogen-bond donors (Lipinski definition) is 9. The van der Waals surface area contributed by atoms with Crippen LogP contribution in [0.4, 0.5) is 23.7 Å². The molecule has 10 N–H and O–H groups in total. The van der Waals surface area contributed by atoms with Gasteiger partial charge < -0.3 is 67.5 Å². The molecule has 2 aromatic carbocycles. The lowest BCUT2D eigenvalue weighted by molar-refractivity contribution is -0.196. The van der Waals surface area contributed by atoms with Gasteiger partial charge in [-0.15, -0.1) is 0 Å². The molecule has 28 heteroatoms. The molecular formula is C72H116F3N13O12. The number of primary amides is 1. The average Bonchev–Trinajstić information content (AvgIpc) is 1.75. The van der Waals surface area contributed by atoms with E-state index in [1.807, 2.05) is 90.9 Å². The number of likely N-dealkylation sites (N-methyl/N-ethyl adjacent to an activating group) is 2. The van der Waals surface area contributed by atoms with Gasteiger partial charge >= 0.3 is 12.2 Å². The van der Waals surface area contributed by atoms with Crippen LogP contribution in [0.5, 0.6) is 0 Å². The number of urea groups is 1. The van der Waals surface area contributed by atoms with Crippen molar-refractivity contribution < 1.29 is 70.6 Å². The predicted molar refractivity (Wildman–Crippen MR) is 376 cm³/mol. The van der Waals surface area contributed by atoms with Gasteiger partial charge in [0.15, 0.2) is 0 Å². The summed E-state index contributed by atoms with van der Waals surface area (Å²) in [6, 6.07) is 7.07. The summed E-state index contributed by atoms with van der Waals surface area (Å²) in [6.07, 6.45) is -4.33. The van der Waals surface area contributed by atoms with Crippen molar-refractivity contribution in [3.8, 4) is 0 Å². The van der Waals surface area contributed by atoms with Gasteiger partial charge in [0.05, 0.1) is 42.7 Å². The lowest BCUT2D eigenvalue weighted by Gasteiger charge is -2.41. The molecule has 100 heavy (non-hydrogen) atoms. The monoisotopic (exact) mass is 1410 g/mol. The summed E-state index contributed by atoms with van der Waals surface area (Å²) in [7, 11) is 8.35. The maximum Gasteiger partial charge on any atom is 0.404 e. The number of methoxy groups -OCH3 is 2. The van der Waals surface area contributed by atoms with E-state index in [0.29, 0.717) is 37.1 Å². The Morgan fingerprint density at radius 1 is 0.680 bits per heavy atom. The van der Waals surface area contributed by atoms with Gasteiger partial charge in [0.2, 0.25) is 53.2 Å². The summed E-state index contributed by atoms with van der Waals surface area (Å²) in [4.78, 5) is 143. The average molecular weight is 1410 g/mol. The van der Waals surface area contributed by atoms with Crippen molar-refractivity contribution in [3.05, 3.63) is 65.7 Å². The Morgan fingerprint density at radius 3 is 1.88 bits per heavy atom. The first-order chi connectivity index (χ1) is 47.0. The number of piperidine rings is 1. The largest absolute Gasteiger partial charge is 0.404 e. The van der Waals surface area contributed by atoms with Crippen LogP contribution >= 0.6 is 0 Å². The van der Waals surface area contributed by atoms with Crippen molar-refractivity contribution in [1.82, 2.24) is 56.8 Å². The van der Waals surface area contributed by atoms with Crippen LogP contribution in [0, 0.1) is 35.5 Å². The van der Waals surface area contributed by atoms with Crippen molar-refractivity contribution in [1.29, 1.82) is 0 Å². The number of carbonyl (C=O) groups excluding carboxylic acids is 10. The molecular weight excluding hydrogens is 1300 g/mol. The Hall–Kier alpha value is -7.43. The first kappa shape index (κ1) is 85.0. The van der Waals surface area contributed by atoms with E-state index < -0.39 is 132 Å². The highest BCUT2D eigenvalue weighted by molar-refractivity contribution is 5.98. The number of alkyl halides is 3. The van der Waals surface area contributed by atoms with Gasteiger partial charge in [-0.1, -0.05) is 111 Å². The van der Waals surface area contributed by atoms with Gasteiger partial charge in [0, 0.05) is 71.4 Å². The zero-order valence-electron chi connectivity index (χ0n) is 61.7. The number of amides is 11. The van der Waals surface area contributed by atoms with Gasteiger partial charge in [-0.3, -0.25) is 53.0 Å². The van der Waals surface area contributed by atoms with Crippen LogP contribution in [0.25, 0.3) is 0 Å². The van der Waals surface area contributed by atoms with E-state index in [1.54, 1.807) is 75.7 Å². The summed E-state index contributed by atoms with van der Waals surface area (Å²) in [5.74, 6) is -6.61.